The smallest absolute Gasteiger partial charge is 0.246 e. The number of carbonyl (C=O) groups excluding carboxylic acids is 1. The molecule has 0 saturated heterocycles. The molecule has 0 aliphatic carbocycles. The van der Waals surface area contributed by atoms with Crippen LogP contribution in [0.4, 0.5) is 0 Å². The van der Waals surface area contributed by atoms with Crippen molar-refractivity contribution in [1.82, 2.24) is 14.7 Å². The van der Waals surface area contributed by atoms with Gasteiger partial charge in [0.1, 0.15) is 5.15 Å². The van der Waals surface area contributed by atoms with Crippen LogP contribution in [-0.2, 0) is 11.8 Å². The Morgan fingerprint density at radius 2 is 2.14 bits per heavy atom. The van der Waals surface area contributed by atoms with Crippen molar-refractivity contribution in [2.24, 2.45) is 7.05 Å². The van der Waals surface area contributed by atoms with Gasteiger partial charge in [-0.1, -0.05) is 31.9 Å². The summed E-state index contributed by atoms with van der Waals surface area (Å²) in [6.45, 7) is 9.01. The van der Waals surface area contributed by atoms with Crippen molar-refractivity contribution in [2.75, 3.05) is 6.54 Å². The maximum Gasteiger partial charge on any atom is 0.246 e. The standard InChI is InChI=1S/C16H26ClN3O/c1-6-8-11-20(12(3)7-2)15(21)10-9-14-13(4)18-19(5)16(14)17/h9-10,12H,6-8,11H2,1-5H3/b10-9+. The number of carbonyl (C=O) groups is 1. The van der Waals surface area contributed by atoms with E-state index in [0.29, 0.717) is 5.15 Å². The molecular weight excluding hydrogens is 286 g/mol. The van der Waals surface area contributed by atoms with E-state index in [-0.39, 0.29) is 11.9 Å². The minimum Gasteiger partial charge on any atom is -0.336 e. The van der Waals surface area contributed by atoms with Gasteiger partial charge in [0.25, 0.3) is 0 Å². The van der Waals surface area contributed by atoms with Gasteiger partial charge in [-0.15, -0.1) is 0 Å². The molecule has 0 spiro atoms. The van der Waals surface area contributed by atoms with Crippen LogP contribution in [0.1, 0.15) is 51.3 Å². The summed E-state index contributed by atoms with van der Waals surface area (Å²) in [7, 11) is 1.79. The van der Waals surface area contributed by atoms with Gasteiger partial charge in [0, 0.05) is 31.3 Å². The van der Waals surface area contributed by atoms with Crippen molar-refractivity contribution in [2.45, 2.75) is 53.0 Å². The van der Waals surface area contributed by atoms with Crippen molar-refractivity contribution >= 4 is 23.6 Å². The van der Waals surface area contributed by atoms with E-state index in [1.807, 2.05) is 11.8 Å². The van der Waals surface area contributed by atoms with Crippen LogP contribution in [0.5, 0.6) is 0 Å². The van der Waals surface area contributed by atoms with Gasteiger partial charge in [-0.3, -0.25) is 9.48 Å². The van der Waals surface area contributed by atoms with Crippen LogP contribution in [0.15, 0.2) is 6.08 Å². The third-order valence-corrected chi connectivity index (χ3v) is 4.20. The van der Waals surface area contributed by atoms with Crippen molar-refractivity contribution in [1.29, 1.82) is 0 Å². The summed E-state index contributed by atoms with van der Waals surface area (Å²) >= 11 is 6.17. The van der Waals surface area contributed by atoms with E-state index in [9.17, 15) is 4.79 Å². The summed E-state index contributed by atoms with van der Waals surface area (Å²) in [5.74, 6) is 0.0390. The quantitative estimate of drug-likeness (QED) is 0.718. The zero-order chi connectivity index (χ0) is 16.0. The Bertz CT molecular complexity index is 508. The van der Waals surface area contributed by atoms with Gasteiger partial charge in [0.15, 0.2) is 0 Å². The van der Waals surface area contributed by atoms with Crippen LogP contribution in [0.2, 0.25) is 5.15 Å². The first kappa shape index (κ1) is 17.8. The molecule has 0 bridgehead atoms. The van der Waals surface area contributed by atoms with E-state index in [2.05, 4.69) is 25.9 Å². The van der Waals surface area contributed by atoms with E-state index in [1.165, 1.54) is 0 Å². The van der Waals surface area contributed by atoms with E-state index in [1.54, 1.807) is 23.9 Å². The summed E-state index contributed by atoms with van der Waals surface area (Å²) in [6.07, 6.45) is 6.44. The number of aryl methyl sites for hydroxylation is 2. The minimum atomic E-state index is 0.0390. The maximum atomic E-state index is 12.4. The normalized spacial score (nSPS) is 12.9. The number of hydrogen-bond acceptors (Lipinski definition) is 2. The third kappa shape index (κ3) is 4.60. The number of rotatable bonds is 7. The Morgan fingerprint density at radius 1 is 1.48 bits per heavy atom. The molecule has 1 heterocycles. The van der Waals surface area contributed by atoms with Gasteiger partial charge < -0.3 is 4.90 Å². The first-order chi connectivity index (χ1) is 9.92. The van der Waals surface area contributed by atoms with E-state index >= 15 is 0 Å². The maximum absolute atomic E-state index is 12.4. The lowest BCUT2D eigenvalue weighted by atomic mass is 10.1. The molecule has 0 saturated carbocycles. The highest BCUT2D eigenvalue weighted by Gasteiger charge is 2.16. The first-order valence-corrected chi connectivity index (χ1v) is 7.97. The van der Waals surface area contributed by atoms with Gasteiger partial charge in [-0.05, 0) is 32.8 Å². The van der Waals surface area contributed by atoms with Gasteiger partial charge >= 0.3 is 0 Å². The lowest BCUT2D eigenvalue weighted by molar-refractivity contribution is -0.128. The molecule has 1 aromatic rings. The lowest BCUT2D eigenvalue weighted by Crippen LogP contribution is -2.37. The van der Waals surface area contributed by atoms with Crippen molar-refractivity contribution in [3.05, 3.63) is 22.5 Å². The molecule has 5 heteroatoms. The number of halogens is 1. The molecule has 0 aliphatic heterocycles. The topological polar surface area (TPSA) is 38.1 Å². The predicted molar refractivity (Wildman–Crippen MR) is 88.4 cm³/mol. The van der Waals surface area contributed by atoms with Crippen LogP contribution in [0, 0.1) is 6.92 Å². The van der Waals surface area contributed by atoms with Crippen molar-refractivity contribution in [3.8, 4) is 0 Å². The largest absolute Gasteiger partial charge is 0.336 e. The fourth-order valence-corrected chi connectivity index (χ4v) is 2.42. The van der Waals surface area contributed by atoms with Gasteiger partial charge in [0.05, 0.1) is 5.69 Å². The molecule has 0 aliphatic rings. The summed E-state index contributed by atoms with van der Waals surface area (Å²) in [5.41, 5.74) is 1.64. The average molecular weight is 312 g/mol. The summed E-state index contributed by atoms with van der Waals surface area (Å²) < 4.78 is 1.62. The molecule has 0 N–H and O–H groups in total. The lowest BCUT2D eigenvalue weighted by Gasteiger charge is -2.27. The Balaban J connectivity index is 2.87. The monoisotopic (exact) mass is 311 g/mol. The molecule has 21 heavy (non-hydrogen) atoms. The number of amides is 1. The Hall–Kier alpha value is -1.29. The molecular formula is C16H26ClN3O. The number of nitrogens with zero attached hydrogens (tertiary/aromatic N) is 3. The predicted octanol–water partition coefficient (Wildman–Crippen LogP) is 3.82. The zero-order valence-electron chi connectivity index (χ0n) is 13.7. The molecule has 4 nitrogen and oxygen atoms in total. The second-order valence-electron chi connectivity index (χ2n) is 5.39. The number of aromatic nitrogens is 2. The fraction of sp³-hybridized carbons (Fsp3) is 0.625. The molecule has 1 atom stereocenters. The molecule has 0 radical (unpaired) electrons. The van der Waals surface area contributed by atoms with Crippen LogP contribution < -0.4 is 0 Å². The highest BCUT2D eigenvalue weighted by Crippen LogP contribution is 2.20. The molecule has 0 fully saturated rings. The molecule has 1 aromatic heterocycles. The fourth-order valence-electron chi connectivity index (χ4n) is 2.18. The molecule has 1 rings (SSSR count). The molecule has 1 unspecified atom stereocenters. The summed E-state index contributed by atoms with van der Waals surface area (Å²) in [6, 6.07) is 0.249. The first-order valence-electron chi connectivity index (χ1n) is 7.60. The minimum absolute atomic E-state index is 0.0390. The summed E-state index contributed by atoms with van der Waals surface area (Å²) in [5, 5.41) is 4.80. The third-order valence-electron chi connectivity index (χ3n) is 3.75. The number of unbranched alkanes of at least 4 members (excludes halogenated alkanes) is 1. The summed E-state index contributed by atoms with van der Waals surface area (Å²) in [4.78, 5) is 14.4. The van der Waals surface area contributed by atoms with E-state index < -0.39 is 0 Å². The highest BCUT2D eigenvalue weighted by molar-refractivity contribution is 6.31. The molecule has 0 aromatic carbocycles. The molecule has 1 amide bonds. The second-order valence-corrected chi connectivity index (χ2v) is 5.75. The second kappa shape index (κ2) is 8.23. The van der Waals surface area contributed by atoms with Crippen molar-refractivity contribution < 1.29 is 4.79 Å². The van der Waals surface area contributed by atoms with Crippen LogP contribution in [-0.4, -0.2) is 33.2 Å². The zero-order valence-corrected chi connectivity index (χ0v) is 14.4. The Morgan fingerprint density at radius 3 is 2.62 bits per heavy atom. The van der Waals surface area contributed by atoms with E-state index in [0.717, 1.165) is 37.1 Å². The van der Waals surface area contributed by atoms with Gasteiger partial charge in [-0.2, -0.15) is 5.10 Å². The average Bonchev–Trinajstić information content (AvgIpc) is 2.70. The van der Waals surface area contributed by atoms with Crippen LogP contribution in [0.25, 0.3) is 6.08 Å². The van der Waals surface area contributed by atoms with Gasteiger partial charge in [-0.25, -0.2) is 0 Å². The van der Waals surface area contributed by atoms with Gasteiger partial charge in [0.2, 0.25) is 5.91 Å². The molecule has 118 valence electrons. The highest BCUT2D eigenvalue weighted by atomic mass is 35.5. The SMILES string of the molecule is CCCCN(C(=O)/C=C/c1c(C)nn(C)c1Cl)C(C)CC. The Labute approximate surface area is 132 Å². The van der Waals surface area contributed by atoms with E-state index in [4.69, 9.17) is 11.6 Å². The number of hydrogen-bond donors (Lipinski definition) is 0. The van der Waals surface area contributed by atoms with Crippen LogP contribution >= 0.6 is 11.6 Å². The van der Waals surface area contributed by atoms with Crippen molar-refractivity contribution in [3.63, 3.8) is 0 Å². The van der Waals surface area contributed by atoms with Crippen LogP contribution in [0.3, 0.4) is 0 Å². The Kier molecular flexibility index (Phi) is 6.96.